The summed E-state index contributed by atoms with van der Waals surface area (Å²) in [5.74, 6) is 0.450. The van der Waals surface area contributed by atoms with Crippen LogP contribution in [0.2, 0.25) is 0 Å². The molecule has 19 heavy (non-hydrogen) atoms. The smallest absolute Gasteiger partial charge is 0.126 e. The third kappa shape index (κ3) is 3.08. The number of aromatic nitrogens is 1. The second-order valence-electron chi connectivity index (χ2n) is 4.42. The van der Waals surface area contributed by atoms with Crippen molar-refractivity contribution in [3.63, 3.8) is 0 Å². The van der Waals surface area contributed by atoms with Crippen molar-refractivity contribution >= 4 is 5.82 Å². The van der Waals surface area contributed by atoms with Crippen LogP contribution in [0.3, 0.4) is 0 Å². The summed E-state index contributed by atoms with van der Waals surface area (Å²) in [7, 11) is 0. The van der Waals surface area contributed by atoms with Crippen molar-refractivity contribution in [2.45, 2.75) is 19.9 Å². The van der Waals surface area contributed by atoms with E-state index < -0.39 is 0 Å². The second kappa shape index (κ2) is 5.49. The van der Waals surface area contributed by atoms with Crippen LogP contribution < -0.4 is 5.32 Å². The minimum Gasteiger partial charge on any atom is -0.364 e. The average molecular weight is 255 g/mol. The summed E-state index contributed by atoms with van der Waals surface area (Å²) < 4.78 is 13.5. The zero-order valence-electron chi connectivity index (χ0n) is 10.8. The predicted octanol–water partition coefficient (Wildman–Crippen LogP) is 3.57. The van der Waals surface area contributed by atoms with E-state index in [4.69, 9.17) is 5.26 Å². The molecule has 0 saturated heterocycles. The van der Waals surface area contributed by atoms with Crippen LogP contribution in [0, 0.1) is 24.1 Å². The van der Waals surface area contributed by atoms with E-state index in [1.165, 1.54) is 12.3 Å². The predicted molar refractivity (Wildman–Crippen MR) is 72.1 cm³/mol. The zero-order chi connectivity index (χ0) is 13.8. The Balaban J connectivity index is 2.13. The van der Waals surface area contributed by atoms with Crippen molar-refractivity contribution in [2.75, 3.05) is 5.32 Å². The van der Waals surface area contributed by atoms with E-state index >= 15 is 0 Å². The molecule has 96 valence electrons. The lowest BCUT2D eigenvalue weighted by molar-refractivity contribution is 0.614. The van der Waals surface area contributed by atoms with Gasteiger partial charge in [0.25, 0.3) is 0 Å². The molecule has 0 aliphatic carbocycles. The highest BCUT2D eigenvalue weighted by molar-refractivity contribution is 5.41. The molecule has 1 aromatic carbocycles. The van der Waals surface area contributed by atoms with Crippen molar-refractivity contribution < 1.29 is 4.39 Å². The fourth-order valence-corrected chi connectivity index (χ4v) is 1.73. The monoisotopic (exact) mass is 255 g/mol. The fraction of sp³-hybridized carbons (Fsp3) is 0.200. The SMILES string of the molecule is Cc1ccc(C(C)Nc2ccc(C#N)cn2)cc1F. The molecule has 0 amide bonds. The van der Waals surface area contributed by atoms with Crippen LogP contribution in [0.5, 0.6) is 0 Å². The maximum atomic E-state index is 13.5. The number of rotatable bonds is 3. The van der Waals surface area contributed by atoms with E-state index in [1.807, 2.05) is 19.1 Å². The first-order valence-electron chi connectivity index (χ1n) is 5.99. The molecule has 1 atom stereocenters. The number of anilines is 1. The Kier molecular flexibility index (Phi) is 3.76. The highest BCUT2D eigenvalue weighted by Crippen LogP contribution is 2.20. The maximum Gasteiger partial charge on any atom is 0.126 e. The normalized spacial score (nSPS) is 11.7. The van der Waals surface area contributed by atoms with Crippen LogP contribution in [0.1, 0.15) is 29.7 Å². The van der Waals surface area contributed by atoms with Gasteiger partial charge in [-0.1, -0.05) is 12.1 Å². The molecule has 1 N–H and O–H groups in total. The molecule has 2 rings (SSSR count). The topological polar surface area (TPSA) is 48.7 Å². The van der Waals surface area contributed by atoms with Gasteiger partial charge in [0.05, 0.1) is 11.6 Å². The molecular formula is C15H14FN3. The highest BCUT2D eigenvalue weighted by Gasteiger charge is 2.08. The van der Waals surface area contributed by atoms with Gasteiger partial charge in [-0.25, -0.2) is 9.37 Å². The molecule has 0 radical (unpaired) electrons. The average Bonchev–Trinajstić information content (AvgIpc) is 2.42. The van der Waals surface area contributed by atoms with Crippen LogP contribution in [-0.4, -0.2) is 4.98 Å². The Morgan fingerprint density at radius 1 is 1.32 bits per heavy atom. The number of pyridine rings is 1. The van der Waals surface area contributed by atoms with Gasteiger partial charge in [-0.05, 0) is 43.2 Å². The lowest BCUT2D eigenvalue weighted by Gasteiger charge is -2.15. The van der Waals surface area contributed by atoms with E-state index in [1.54, 1.807) is 25.1 Å². The van der Waals surface area contributed by atoms with Gasteiger partial charge >= 0.3 is 0 Å². The summed E-state index contributed by atoms with van der Waals surface area (Å²) in [5, 5.41) is 11.9. The number of nitrogens with one attached hydrogen (secondary N) is 1. The van der Waals surface area contributed by atoms with Crippen molar-refractivity contribution in [1.29, 1.82) is 5.26 Å². The van der Waals surface area contributed by atoms with E-state index in [0.29, 0.717) is 16.9 Å². The van der Waals surface area contributed by atoms with E-state index in [2.05, 4.69) is 10.3 Å². The van der Waals surface area contributed by atoms with Crippen molar-refractivity contribution in [3.8, 4) is 6.07 Å². The highest BCUT2D eigenvalue weighted by atomic mass is 19.1. The third-order valence-corrected chi connectivity index (χ3v) is 2.95. The van der Waals surface area contributed by atoms with Gasteiger partial charge in [-0.3, -0.25) is 0 Å². The standard InChI is InChI=1S/C15H14FN3/c1-10-3-5-13(7-14(10)16)11(2)19-15-6-4-12(8-17)9-18-15/h3-7,9,11H,1-2H3,(H,18,19). The molecule has 0 fully saturated rings. The van der Waals surface area contributed by atoms with Crippen molar-refractivity contribution in [2.24, 2.45) is 0 Å². The quantitative estimate of drug-likeness (QED) is 0.912. The Morgan fingerprint density at radius 3 is 2.68 bits per heavy atom. The summed E-state index contributed by atoms with van der Waals surface area (Å²) in [6.07, 6.45) is 1.50. The van der Waals surface area contributed by atoms with E-state index in [9.17, 15) is 4.39 Å². The molecule has 1 unspecified atom stereocenters. The summed E-state index contributed by atoms with van der Waals surface area (Å²) in [6, 6.07) is 10.6. The third-order valence-electron chi connectivity index (χ3n) is 2.95. The summed E-state index contributed by atoms with van der Waals surface area (Å²) >= 11 is 0. The van der Waals surface area contributed by atoms with Crippen molar-refractivity contribution in [1.82, 2.24) is 4.98 Å². The molecule has 0 bridgehead atoms. The van der Waals surface area contributed by atoms with Gasteiger partial charge in [0.15, 0.2) is 0 Å². The molecule has 3 nitrogen and oxygen atoms in total. The number of hydrogen-bond donors (Lipinski definition) is 1. The van der Waals surface area contributed by atoms with Crippen LogP contribution in [-0.2, 0) is 0 Å². The number of nitrogens with zero attached hydrogens (tertiary/aromatic N) is 2. The van der Waals surface area contributed by atoms with Gasteiger partial charge in [-0.15, -0.1) is 0 Å². The molecule has 1 aromatic heterocycles. The second-order valence-corrected chi connectivity index (χ2v) is 4.42. The Hall–Kier alpha value is -2.41. The molecule has 2 aromatic rings. The van der Waals surface area contributed by atoms with E-state index in [-0.39, 0.29) is 11.9 Å². The van der Waals surface area contributed by atoms with Crippen LogP contribution in [0.4, 0.5) is 10.2 Å². The lowest BCUT2D eigenvalue weighted by Crippen LogP contribution is -2.08. The minimum atomic E-state index is -0.209. The summed E-state index contributed by atoms with van der Waals surface area (Å²) in [4.78, 5) is 4.13. The Bertz CT molecular complexity index is 614. The first-order valence-corrected chi connectivity index (χ1v) is 5.99. The molecule has 1 heterocycles. The molecule has 0 aliphatic rings. The number of halogens is 1. The van der Waals surface area contributed by atoms with Crippen LogP contribution in [0.25, 0.3) is 0 Å². The largest absolute Gasteiger partial charge is 0.364 e. The number of aryl methyl sites for hydroxylation is 1. The van der Waals surface area contributed by atoms with Gasteiger partial charge in [0, 0.05) is 6.20 Å². The minimum absolute atomic E-state index is 0.0597. The van der Waals surface area contributed by atoms with Gasteiger partial charge in [-0.2, -0.15) is 5.26 Å². The maximum absolute atomic E-state index is 13.5. The van der Waals surface area contributed by atoms with Gasteiger partial charge in [0.1, 0.15) is 17.7 Å². The molecule has 0 spiro atoms. The first-order chi connectivity index (χ1) is 9.10. The number of nitriles is 1. The Morgan fingerprint density at radius 2 is 2.11 bits per heavy atom. The molecule has 4 heteroatoms. The molecule has 0 aliphatic heterocycles. The van der Waals surface area contributed by atoms with Gasteiger partial charge in [0.2, 0.25) is 0 Å². The zero-order valence-corrected chi connectivity index (χ0v) is 10.8. The van der Waals surface area contributed by atoms with Gasteiger partial charge < -0.3 is 5.32 Å². The van der Waals surface area contributed by atoms with E-state index in [0.717, 1.165) is 5.56 Å². The molecular weight excluding hydrogens is 241 g/mol. The Labute approximate surface area is 111 Å². The molecule has 0 saturated carbocycles. The summed E-state index contributed by atoms with van der Waals surface area (Å²) in [6.45, 7) is 3.67. The number of benzene rings is 1. The first kappa shape index (κ1) is 13.0. The lowest BCUT2D eigenvalue weighted by atomic mass is 10.1. The number of hydrogen-bond acceptors (Lipinski definition) is 3. The summed E-state index contributed by atoms with van der Waals surface area (Å²) in [5.41, 5.74) is 2.00. The van der Waals surface area contributed by atoms with Crippen LogP contribution >= 0.6 is 0 Å². The fourth-order valence-electron chi connectivity index (χ4n) is 1.73. The van der Waals surface area contributed by atoms with Crippen molar-refractivity contribution in [3.05, 3.63) is 59.0 Å². The van der Waals surface area contributed by atoms with Crippen LogP contribution in [0.15, 0.2) is 36.5 Å².